The summed E-state index contributed by atoms with van der Waals surface area (Å²) in [6.07, 6.45) is 2.50. The fourth-order valence-corrected chi connectivity index (χ4v) is 6.88. The Morgan fingerprint density at radius 1 is 1.02 bits per heavy atom. The fourth-order valence-electron chi connectivity index (χ4n) is 5.64. The van der Waals surface area contributed by atoms with Crippen LogP contribution >= 0.6 is 0 Å². The van der Waals surface area contributed by atoms with Gasteiger partial charge in [-0.2, -0.15) is 0 Å². The zero-order valence-corrected chi connectivity index (χ0v) is 27.2. The maximum atomic E-state index is 13.3. The van der Waals surface area contributed by atoms with E-state index in [1.54, 1.807) is 49.4 Å². The number of carbonyl (C=O) groups excluding carboxylic acids is 3. The quantitative estimate of drug-likeness (QED) is 0.268. The average molecular weight is 630 g/mol. The minimum Gasteiger partial charge on any atom is -0.469 e. The molecule has 0 heterocycles. The van der Waals surface area contributed by atoms with Gasteiger partial charge in [0.1, 0.15) is 0 Å². The molecule has 44 heavy (non-hydrogen) atoms. The van der Waals surface area contributed by atoms with E-state index in [1.807, 2.05) is 19.9 Å². The lowest BCUT2D eigenvalue weighted by Crippen LogP contribution is -2.47. The van der Waals surface area contributed by atoms with Gasteiger partial charge in [0.2, 0.25) is 15.9 Å². The number of benzene rings is 2. The van der Waals surface area contributed by atoms with Crippen LogP contribution in [0.2, 0.25) is 0 Å². The molecule has 1 aliphatic rings. The van der Waals surface area contributed by atoms with E-state index in [9.17, 15) is 27.9 Å². The smallest absolute Gasteiger partial charge is 0.308 e. The summed E-state index contributed by atoms with van der Waals surface area (Å²) in [5.41, 5.74) is 1.26. The van der Waals surface area contributed by atoms with Gasteiger partial charge < -0.3 is 20.5 Å². The van der Waals surface area contributed by atoms with E-state index in [2.05, 4.69) is 10.6 Å². The first kappa shape index (κ1) is 35.0. The van der Waals surface area contributed by atoms with E-state index in [1.165, 1.54) is 20.2 Å². The number of esters is 1. The first-order valence-electron chi connectivity index (χ1n) is 15.3. The number of carbonyl (C=O) groups is 3. The van der Waals surface area contributed by atoms with Crippen molar-refractivity contribution in [2.24, 2.45) is 17.8 Å². The van der Waals surface area contributed by atoms with E-state index in [4.69, 9.17) is 4.74 Å². The molecule has 3 rings (SSSR count). The van der Waals surface area contributed by atoms with Gasteiger partial charge in [-0.15, -0.1) is 0 Å². The average Bonchev–Trinajstić information content (AvgIpc) is 3.00. The maximum Gasteiger partial charge on any atom is 0.308 e. The lowest BCUT2D eigenvalue weighted by atomic mass is 9.85. The Balaban J connectivity index is 1.64. The number of hydrogen-bond acceptors (Lipinski definition) is 7. The van der Waals surface area contributed by atoms with Gasteiger partial charge in [0.15, 0.2) is 0 Å². The number of nitrogens with zero attached hydrogens (tertiary/aromatic N) is 1. The second-order valence-corrected chi connectivity index (χ2v) is 14.3. The summed E-state index contributed by atoms with van der Waals surface area (Å²) in [5.74, 6) is -1.69. The largest absolute Gasteiger partial charge is 0.469 e. The van der Waals surface area contributed by atoms with Crippen molar-refractivity contribution < 1.29 is 32.6 Å². The van der Waals surface area contributed by atoms with Crippen molar-refractivity contribution in [1.29, 1.82) is 0 Å². The number of aliphatic hydroxyl groups excluding tert-OH is 1. The van der Waals surface area contributed by atoms with E-state index < -0.39 is 34.0 Å². The Bertz CT molecular complexity index is 1370. The van der Waals surface area contributed by atoms with Crippen molar-refractivity contribution in [3.63, 3.8) is 0 Å². The molecule has 2 unspecified atom stereocenters. The van der Waals surface area contributed by atoms with Gasteiger partial charge in [-0.3, -0.25) is 18.7 Å². The zero-order chi connectivity index (χ0) is 32.4. The third kappa shape index (κ3) is 10.1. The number of rotatable bonds is 14. The van der Waals surface area contributed by atoms with Gasteiger partial charge >= 0.3 is 5.97 Å². The monoisotopic (exact) mass is 629 g/mol. The molecule has 1 saturated carbocycles. The molecular formula is C33H47N3O7S. The summed E-state index contributed by atoms with van der Waals surface area (Å²) in [7, 11) is -0.879. The van der Waals surface area contributed by atoms with Crippen LogP contribution in [0.15, 0.2) is 54.6 Å². The van der Waals surface area contributed by atoms with Gasteiger partial charge in [-0.05, 0) is 61.8 Å². The van der Waals surface area contributed by atoms with E-state index in [0.717, 1.165) is 23.6 Å². The topological polar surface area (TPSA) is 142 Å². The highest BCUT2D eigenvalue weighted by Gasteiger charge is 2.31. The number of methoxy groups -OCH3 is 1. The molecule has 0 spiro atoms. The molecule has 0 aromatic heterocycles. The first-order valence-corrected chi connectivity index (χ1v) is 16.9. The van der Waals surface area contributed by atoms with Crippen LogP contribution in [0.1, 0.15) is 75.2 Å². The molecule has 2 amide bonds. The predicted octanol–water partition coefficient (Wildman–Crippen LogP) is 4.03. The third-order valence-electron chi connectivity index (χ3n) is 8.19. The molecule has 0 saturated heterocycles. The lowest BCUT2D eigenvalue weighted by molar-refractivity contribution is -0.147. The van der Waals surface area contributed by atoms with E-state index in [0.29, 0.717) is 24.1 Å². The molecule has 10 nitrogen and oxygen atoms in total. The molecule has 2 aromatic carbocycles. The van der Waals surface area contributed by atoms with Gasteiger partial charge in [0, 0.05) is 24.6 Å². The zero-order valence-electron chi connectivity index (χ0n) is 26.4. The van der Waals surface area contributed by atoms with Crippen LogP contribution < -0.4 is 14.9 Å². The van der Waals surface area contributed by atoms with Crippen LogP contribution in [0.25, 0.3) is 0 Å². The first-order chi connectivity index (χ1) is 20.8. The minimum atomic E-state index is -3.70. The van der Waals surface area contributed by atoms with Gasteiger partial charge in [-0.1, -0.05) is 63.6 Å². The summed E-state index contributed by atoms with van der Waals surface area (Å²) in [6, 6.07) is 14.5. The Hall–Kier alpha value is -3.44. The summed E-state index contributed by atoms with van der Waals surface area (Å²) < 4.78 is 32.1. The maximum absolute atomic E-state index is 13.3. The van der Waals surface area contributed by atoms with Crippen molar-refractivity contribution in [1.82, 2.24) is 10.6 Å². The molecule has 242 valence electrons. The predicted molar refractivity (Wildman–Crippen MR) is 170 cm³/mol. The van der Waals surface area contributed by atoms with E-state index in [-0.39, 0.29) is 47.5 Å². The number of aliphatic hydroxyl groups is 1. The van der Waals surface area contributed by atoms with Gasteiger partial charge in [0.25, 0.3) is 5.91 Å². The highest BCUT2D eigenvalue weighted by atomic mass is 32.2. The molecule has 5 atom stereocenters. The van der Waals surface area contributed by atoms with Gasteiger partial charge in [0.05, 0.1) is 36.6 Å². The van der Waals surface area contributed by atoms with Crippen molar-refractivity contribution in [2.75, 3.05) is 18.5 Å². The summed E-state index contributed by atoms with van der Waals surface area (Å²) >= 11 is 0. The van der Waals surface area contributed by atoms with Crippen molar-refractivity contribution >= 4 is 33.5 Å². The molecule has 3 N–H and O–H groups in total. The van der Waals surface area contributed by atoms with E-state index >= 15 is 0 Å². The number of sulfonamides is 1. The standard InChI is InChI=1S/C33H47N3O7S/c1-22(2)17-29(30(37)18-23(3)31(38)34-27-15-9-14-26(19-27)33(40)43-5)35-32(39)25-13-10-16-28(20-25)36(4)44(41,42)21-24-11-7-6-8-12-24/h6-8,10-13,16,20,22-23,26-27,29-30,37H,9,14-15,17-19,21H2,1-5H3,(H,34,38)(H,35,39)/t23-,26?,27?,29+,30+/m1/s1. The minimum absolute atomic E-state index is 0.131. The van der Waals surface area contributed by atoms with Crippen LogP contribution in [-0.4, -0.2) is 63.7 Å². The molecule has 1 fully saturated rings. The second kappa shape index (κ2) is 16.0. The number of ether oxygens (including phenoxy) is 1. The van der Waals surface area contributed by atoms with Crippen LogP contribution in [0.5, 0.6) is 0 Å². The summed E-state index contributed by atoms with van der Waals surface area (Å²) in [6.45, 7) is 5.70. The Labute approximate surface area is 261 Å². The number of anilines is 1. The molecular weight excluding hydrogens is 582 g/mol. The second-order valence-electron chi connectivity index (χ2n) is 12.3. The molecule has 0 bridgehead atoms. The Morgan fingerprint density at radius 3 is 2.39 bits per heavy atom. The van der Waals surface area contributed by atoms with Gasteiger partial charge in [-0.25, -0.2) is 8.42 Å². The summed E-state index contributed by atoms with van der Waals surface area (Å²) in [5, 5.41) is 17.1. The van der Waals surface area contributed by atoms with Crippen LogP contribution in [-0.2, 0) is 30.1 Å². The lowest BCUT2D eigenvalue weighted by Gasteiger charge is -2.30. The van der Waals surface area contributed by atoms with Crippen molar-refractivity contribution in [3.8, 4) is 0 Å². The molecule has 1 aliphatic carbocycles. The summed E-state index contributed by atoms with van der Waals surface area (Å²) in [4.78, 5) is 38.3. The number of hydrogen-bond donors (Lipinski definition) is 3. The number of amides is 2. The van der Waals surface area contributed by atoms with Crippen LogP contribution in [0, 0.1) is 17.8 Å². The Kier molecular flexibility index (Phi) is 12.8. The normalized spacial score (nSPS) is 19.0. The van der Waals surface area contributed by atoms with Crippen LogP contribution in [0.4, 0.5) is 5.69 Å². The Morgan fingerprint density at radius 2 is 1.73 bits per heavy atom. The fraction of sp³-hybridized carbons (Fsp3) is 0.545. The third-order valence-corrected chi connectivity index (χ3v) is 9.93. The molecule has 0 aliphatic heterocycles. The molecule has 0 radical (unpaired) electrons. The van der Waals surface area contributed by atoms with Crippen molar-refractivity contribution in [3.05, 3.63) is 65.7 Å². The number of nitrogens with one attached hydrogen (secondary N) is 2. The SMILES string of the molecule is COC(=O)C1CCCC(NC(=O)[C@H](C)C[C@H](O)[C@H](CC(C)C)NC(=O)c2cccc(N(C)S(=O)(=O)Cc3ccccc3)c2)C1. The molecule has 2 aromatic rings. The highest BCUT2D eigenvalue weighted by molar-refractivity contribution is 7.92. The molecule has 11 heteroatoms. The highest BCUT2D eigenvalue weighted by Crippen LogP contribution is 2.26. The van der Waals surface area contributed by atoms with Crippen molar-refractivity contribution in [2.45, 2.75) is 83.2 Å². The van der Waals surface area contributed by atoms with Crippen LogP contribution in [0.3, 0.4) is 0 Å².